The molecule has 2 N–H and O–H groups in total. The summed E-state index contributed by atoms with van der Waals surface area (Å²) in [5.41, 5.74) is 8.76. The van der Waals surface area contributed by atoms with Crippen molar-refractivity contribution in [3.8, 4) is 0 Å². The monoisotopic (exact) mass is 288 g/mol. The van der Waals surface area contributed by atoms with Gasteiger partial charge in [-0.15, -0.1) is 11.3 Å². The average Bonchev–Trinajstić information content (AvgIpc) is 3.00. The summed E-state index contributed by atoms with van der Waals surface area (Å²) < 4.78 is 0. The third kappa shape index (κ3) is 3.41. The van der Waals surface area contributed by atoms with E-state index in [-0.39, 0.29) is 6.04 Å². The van der Waals surface area contributed by atoms with Crippen LogP contribution in [0, 0.1) is 0 Å². The lowest BCUT2D eigenvalue weighted by Crippen LogP contribution is -2.25. The molecule has 2 atom stereocenters. The molecule has 0 aliphatic heterocycles. The topological polar surface area (TPSA) is 29.3 Å². The summed E-state index contributed by atoms with van der Waals surface area (Å²) in [4.78, 5) is 3.74. The van der Waals surface area contributed by atoms with Crippen molar-refractivity contribution in [2.45, 2.75) is 38.8 Å². The second-order valence-corrected chi connectivity index (χ2v) is 6.28. The Morgan fingerprint density at radius 2 is 1.95 bits per heavy atom. The largest absolute Gasteiger partial charge is 0.367 e. The number of benzene rings is 1. The minimum absolute atomic E-state index is 0.238. The van der Waals surface area contributed by atoms with Gasteiger partial charge in [0.1, 0.15) is 0 Å². The van der Waals surface area contributed by atoms with E-state index < -0.39 is 0 Å². The Balaban J connectivity index is 2.23. The van der Waals surface area contributed by atoms with Gasteiger partial charge in [0.25, 0.3) is 0 Å². The quantitative estimate of drug-likeness (QED) is 0.862. The summed E-state index contributed by atoms with van der Waals surface area (Å²) in [5, 5.41) is 2.14. The number of rotatable bonds is 6. The van der Waals surface area contributed by atoms with Gasteiger partial charge in [0, 0.05) is 23.7 Å². The van der Waals surface area contributed by atoms with Crippen LogP contribution in [0.5, 0.6) is 0 Å². The lowest BCUT2D eigenvalue weighted by atomic mass is 10.0. The Morgan fingerprint density at radius 3 is 2.60 bits per heavy atom. The van der Waals surface area contributed by atoms with Crippen LogP contribution >= 0.6 is 11.3 Å². The predicted molar refractivity (Wildman–Crippen MR) is 89.5 cm³/mol. The molecule has 108 valence electrons. The number of hydrogen-bond acceptors (Lipinski definition) is 3. The normalized spacial score (nSPS) is 14.0. The molecule has 20 heavy (non-hydrogen) atoms. The van der Waals surface area contributed by atoms with Crippen LogP contribution in [0.2, 0.25) is 0 Å². The van der Waals surface area contributed by atoms with Gasteiger partial charge in [-0.25, -0.2) is 0 Å². The van der Waals surface area contributed by atoms with Gasteiger partial charge >= 0.3 is 0 Å². The molecule has 2 nitrogen and oxygen atoms in total. The van der Waals surface area contributed by atoms with Gasteiger partial charge in [0.2, 0.25) is 0 Å². The molecule has 0 aliphatic rings. The van der Waals surface area contributed by atoms with Crippen LogP contribution in [-0.2, 0) is 6.42 Å². The first-order valence-corrected chi connectivity index (χ1v) is 8.11. The van der Waals surface area contributed by atoms with Gasteiger partial charge in [0.15, 0.2) is 0 Å². The maximum absolute atomic E-state index is 6.13. The van der Waals surface area contributed by atoms with Gasteiger partial charge in [-0.2, -0.15) is 0 Å². The Labute approximate surface area is 126 Å². The first kappa shape index (κ1) is 15.1. The SMILES string of the molecule is CCC(N)Cc1ccccc1N(C)C(C)c1cccs1. The molecule has 0 saturated carbocycles. The van der Waals surface area contributed by atoms with E-state index in [2.05, 4.69) is 67.6 Å². The molecule has 1 aromatic carbocycles. The van der Waals surface area contributed by atoms with E-state index in [4.69, 9.17) is 5.73 Å². The third-order valence-corrected chi connectivity index (χ3v) is 4.96. The third-order valence-electron chi connectivity index (χ3n) is 3.91. The molecule has 0 bridgehead atoms. The Kier molecular flexibility index (Phi) is 5.21. The molecule has 3 heteroatoms. The summed E-state index contributed by atoms with van der Waals surface area (Å²) in [5.74, 6) is 0. The average molecular weight is 288 g/mol. The molecule has 2 unspecified atom stereocenters. The maximum Gasteiger partial charge on any atom is 0.0603 e. The molecule has 0 spiro atoms. The van der Waals surface area contributed by atoms with Crippen molar-refractivity contribution in [3.63, 3.8) is 0 Å². The Morgan fingerprint density at radius 1 is 1.20 bits per heavy atom. The highest BCUT2D eigenvalue weighted by Crippen LogP contribution is 2.30. The van der Waals surface area contributed by atoms with Crippen molar-refractivity contribution >= 4 is 17.0 Å². The predicted octanol–water partition coefficient (Wildman–Crippen LogP) is 4.23. The second-order valence-electron chi connectivity index (χ2n) is 5.30. The first-order valence-electron chi connectivity index (χ1n) is 7.23. The molecular weight excluding hydrogens is 264 g/mol. The van der Waals surface area contributed by atoms with E-state index >= 15 is 0 Å². The number of thiophene rings is 1. The molecule has 1 aromatic heterocycles. The zero-order valence-corrected chi connectivity index (χ0v) is 13.4. The highest BCUT2D eigenvalue weighted by molar-refractivity contribution is 7.10. The molecule has 1 heterocycles. The molecule has 0 saturated heterocycles. The fraction of sp³-hybridized carbons (Fsp3) is 0.412. The molecular formula is C17H24N2S. The number of anilines is 1. The van der Waals surface area contributed by atoms with E-state index in [1.165, 1.54) is 16.1 Å². The maximum atomic E-state index is 6.13. The fourth-order valence-electron chi connectivity index (χ4n) is 2.38. The molecule has 2 aromatic rings. The van der Waals surface area contributed by atoms with Crippen molar-refractivity contribution < 1.29 is 0 Å². The minimum Gasteiger partial charge on any atom is -0.367 e. The lowest BCUT2D eigenvalue weighted by molar-refractivity contribution is 0.642. The van der Waals surface area contributed by atoms with Crippen molar-refractivity contribution in [1.29, 1.82) is 0 Å². The van der Waals surface area contributed by atoms with E-state index in [9.17, 15) is 0 Å². The van der Waals surface area contributed by atoms with Gasteiger partial charge in [-0.3, -0.25) is 0 Å². The van der Waals surface area contributed by atoms with Gasteiger partial charge in [-0.1, -0.05) is 31.2 Å². The Bertz CT molecular complexity index is 522. The van der Waals surface area contributed by atoms with E-state index in [1.54, 1.807) is 0 Å². The Hall–Kier alpha value is -1.32. The summed E-state index contributed by atoms with van der Waals surface area (Å²) >= 11 is 1.81. The van der Waals surface area contributed by atoms with Crippen molar-refractivity contribution in [2.24, 2.45) is 5.73 Å². The standard InChI is InChI=1S/C17H24N2S/c1-4-15(18)12-14-8-5-6-9-16(14)19(3)13(2)17-10-7-11-20-17/h5-11,13,15H,4,12,18H2,1-3H3. The smallest absolute Gasteiger partial charge is 0.0603 e. The van der Waals surface area contributed by atoms with Crippen LogP contribution < -0.4 is 10.6 Å². The highest BCUT2D eigenvalue weighted by atomic mass is 32.1. The summed E-state index contributed by atoms with van der Waals surface area (Å²) in [7, 11) is 2.17. The molecule has 0 fully saturated rings. The molecule has 0 radical (unpaired) electrons. The lowest BCUT2D eigenvalue weighted by Gasteiger charge is -2.29. The zero-order valence-electron chi connectivity index (χ0n) is 12.5. The van der Waals surface area contributed by atoms with Crippen LogP contribution in [0.25, 0.3) is 0 Å². The number of hydrogen-bond donors (Lipinski definition) is 1. The van der Waals surface area contributed by atoms with Gasteiger partial charge in [-0.05, 0) is 42.8 Å². The zero-order chi connectivity index (χ0) is 14.5. The van der Waals surface area contributed by atoms with Crippen molar-refractivity contribution in [1.82, 2.24) is 0 Å². The fourth-order valence-corrected chi connectivity index (χ4v) is 3.21. The van der Waals surface area contributed by atoms with Gasteiger partial charge in [0.05, 0.1) is 6.04 Å². The number of para-hydroxylation sites is 1. The summed E-state index contributed by atoms with van der Waals surface area (Å²) in [6.45, 7) is 4.40. The van der Waals surface area contributed by atoms with E-state index in [0.29, 0.717) is 6.04 Å². The minimum atomic E-state index is 0.238. The van der Waals surface area contributed by atoms with Gasteiger partial charge < -0.3 is 10.6 Å². The van der Waals surface area contributed by atoms with Crippen LogP contribution in [0.4, 0.5) is 5.69 Å². The van der Waals surface area contributed by atoms with Crippen molar-refractivity contribution in [2.75, 3.05) is 11.9 Å². The van der Waals surface area contributed by atoms with Crippen LogP contribution in [0.15, 0.2) is 41.8 Å². The summed E-state index contributed by atoms with van der Waals surface area (Å²) in [6.07, 6.45) is 1.95. The van der Waals surface area contributed by atoms with Crippen molar-refractivity contribution in [3.05, 3.63) is 52.2 Å². The highest BCUT2D eigenvalue weighted by Gasteiger charge is 2.16. The molecule has 2 rings (SSSR count). The van der Waals surface area contributed by atoms with E-state index in [1.807, 2.05) is 11.3 Å². The van der Waals surface area contributed by atoms with Crippen LogP contribution in [0.3, 0.4) is 0 Å². The van der Waals surface area contributed by atoms with Crippen LogP contribution in [0.1, 0.15) is 36.8 Å². The summed E-state index contributed by atoms with van der Waals surface area (Å²) in [6, 6.07) is 13.5. The number of nitrogens with two attached hydrogens (primary N) is 1. The molecule has 0 amide bonds. The molecule has 0 aliphatic carbocycles. The van der Waals surface area contributed by atoms with Crippen LogP contribution in [-0.4, -0.2) is 13.1 Å². The van der Waals surface area contributed by atoms with E-state index in [0.717, 1.165) is 12.8 Å². The first-order chi connectivity index (χ1) is 9.63. The number of nitrogens with zero attached hydrogens (tertiary/aromatic N) is 1. The second kappa shape index (κ2) is 6.91.